The van der Waals surface area contributed by atoms with Crippen LogP contribution in [0.4, 0.5) is 5.69 Å². The van der Waals surface area contributed by atoms with E-state index in [1.807, 2.05) is 51.4 Å². The number of aryl methyl sites for hydroxylation is 2. The summed E-state index contributed by atoms with van der Waals surface area (Å²) in [6, 6.07) is 8.03. The number of anilines is 1. The highest BCUT2D eigenvalue weighted by Gasteiger charge is 2.23. The second-order valence-electron chi connectivity index (χ2n) is 7.65. The monoisotopic (exact) mass is 389 g/mol. The summed E-state index contributed by atoms with van der Waals surface area (Å²) in [5, 5.41) is 7.93. The molecule has 0 bridgehead atoms. The molecule has 0 spiro atoms. The van der Waals surface area contributed by atoms with Crippen LogP contribution in [-0.4, -0.2) is 50.2 Å². The van der Waals surface area contributed by atoms with Gasteiger partial charge in [0, 0.05) is 25.3 Å². The SMILES string of the molecule is CNC1CCN(c2ccc3nc(-c4cc(C)c5nc(C)cn5n4)ccn3c2=O)C1. The second kappa shape index (κ2) is 6.66. The summed E-state index contributed by atoms with van der Waals surface area (Å²) in [5.74, 6) is 0. The third-order valence-corrected chi connectivity index (χ3v) is 5.62. The topological polar surface area (TPSA) is 79.8 Å². The molecule has 0 aliphatic carbocycles. The molecule has 29 heavy (non-hydrogen) atoms. The number of nitrogens with zero attached hydrogens (tertiary/aromatic N) is 6. The molecule has 0 radical (unpaired) electrons. The van der Waals surface area contributed by atoms with E-state index < -0.39 is 0 Å². The smallest absolute Gasteiger partial charge is 0.279 e. The Labute approximate surface area is 167 Å². The standard InChI is InChI=1S/C21H23N7O/c1-13-10-17(25-28-11-14(2)23-20(13)28)16-7-9-27-19(24-16)5-4-18(21(27)29)26-8-6-15(12-26)22-3/h4-5,7,9-11,15,22H,6,8,12H2,1-3H3. The van der Waals surface area contributed by atoms with Crippen LogP contribution in [0.15, 0.2) is 41.5 Å². The highest BCUT2D eigenvalue weighted by molar-refractivity contribution is 5.62. The van der Waals surface area contributed by atoms with Crippen LogP contribution in [0.1, 0.15) is 17.7 Å². The van der Waals surface area contributed by atoms with Crippen LogP contribution in [0.3, 0.4) is 0 Å². The fraction of sp³-hybridized carbons (Fsp3) is 0.333. The molecule has 8 heteroatoms. The molecule has 1 atom stereocenters. The molecule has 0 aromatic carbocycles. The van der Waals surface area contributed by atoms with Gasteiger partial charge in [-0.2, -0.15) is 5.10 Å². The maximum atomic E-state index is 13.0. The van der Waals surface area contributed by atoms with Crippen LogP contribution >= 0.6 is 0 Å². The van der Waals surface area contributed by atoms with Gasteiger partial charge in [-0.1, -0.05) is 0 Å². The van der Waals surface area contributed by atoms with Crippen molar-refractivity contribution in [2.45, 2.75) is 26.3 Å². The summed E-state index contributed by atoms with van der Waals surface area (Å²) in [5.41, 5.74) is 5.58. The van der Waals surface area contributed by atoms with Gasteiger partial charge < -0.3 is 10.2 Å². The molecule has 1 unspecified atom stereocenters. The van der Waals surface area contributed by atoms with Crippen LogP contribution < -0.4 is 15.8 Å². The Morgan fingerprint density at radius 3 is 2.79 bits per heavy atom. The number of likely N-dealkylation sites (N-methyl/N-ethyl adjacent to an activating group) is 1. The zero-order chi connectivity index (χ0) is 20.1. The number of aromatic nitrogens is 5. The number of imidazole rings is 1. The molecule has 1 saturated heterocycles. The molecule has 4 aromatic heterocycles. The molecule has 1 aliphatic rings. The predicted octanol–water partition coefficient (Wildman–Crippen LogP) is 1.82. The highest BCUT2D eigenvalue weighted by Crippen LogP contribution is 2.21. The summed E-state index contributed by atoms with van der Waals surface area (Å²) in [6.07, 6.45) is 4.73. The van der Waals surface area contributed by atoms with E-state index in [-0.39, 0.29) is 5.56 Å². The number of fused-ring (bicyclic) bond motifs is 2. The average molecular weight is 389 g/mol. The van der Waals surface area contributed by atoms with E-state index in [2.05, 4.69) is 20.3 Å². The van der Waals surface area contributed by atoms with Gasteiger partial charge in [-0.15, -0.1) is 0 Å². The lowest BCUT2D eigenvalue weighted by molar-refractivity contribution is 0.617. The van der Waals surface area contributed by atoms with E-state index in [0.29, 0.717) is 11.7 Å². The molecular weight excluding hydrogens is 366 g/mol. The van der Waals surface area contributed by atoms with Gasteiger partial charge in [0.1, 0.15) is 17.0 Å². The van der Waals surface area contributed by atoms with Gasteiger partial charge in [-0.25, -0.2) is 14.5 Å². The third kappa shape index (κ3) is 2.96. The molecule has 5 heterocycles. The van der Waals surface area contributed by atoms with Crippen molar-refractivity contribution in [1.82, 2.24) is 29.3 Å². The van der Waals surface area contributed by atoms with Crippen molar-refractivity contribution in [2.75, 3.05) is 25.0 Å². The lowest BCUT2D eigenvalue weighted by atomic mass is 10.2. The van der Waals surface area contributed by atoms with Gasteiger partial charge in [-0.05, 0) is 57.1 Å². The lowest BCUT2D eigenvalue weighted by Gasteiger charge is -2.18. The number of nitrogens with one attached hydrogen (secondary N) is 1. The first-order chi connectivity index (χ1) is 14.0. The lowest BCUT2D eigenvalue weighted by Crippen LogP contribution is -2.32. The number of hydrogen-bond donors (Lipinski definition) is 1. The van der Waals surface area contributed by atoms with Crippen LogP contribution in [0.25, 0.3) is 22.7 Å². The Bertz CT molecular complexity index is 1290. The minimum atomic E-state index is -0.0388. The summed E-state index contributed by atoms with van der Waals surface area (Å²) in [4.78, 5) is 24.4. The zero-order valence-electron chi connectivity index (χ0n) is 16.8. The maximum absolute atomic E-state index is 13.0. The first kappa shape index (κ1) is 17.8. The summed E-state index contributed by atoms with van der Waals surface area (Å²) >= 11 is 0. The molecule has 1 fully saturated rings. The Morgan fingerprint density at radius 2 is 2.00 bits per heavy atom. The van der Waals surface area contributed by atoms with E-state index in [9.17, 15) is 4.79 Å². The van der Waals surface area contributed by atoms with Gasteiger partial charge in [0.25, 0.3) is 5.56 Å². The quantitative estimate of drug-likeness (QED) is 0.576. The summed E-state index contributed by atoms with van der Waals surface area (Å²) < 4.78 is 3.39. The fourth-order valence-corrected chi connectivity index (χ4v) is 4.04. The van der Waals surface area contributed by atoms with Crippen molar-refractivity contribution in [1.29, 1.82) is 0 Å². The molecule has 148 valence electrons. The van der Waals surface area contributed by atoms with Gasteiger partial charge in [0.05, 0.1) is 17.6 Å². The number of hydrogen-bond acceptors (Lipinski definition) is 6. The van der Waals surface area contributed by atoms with Crippen molar-refractivity contribution in [2.24, 2.45) is 0 Å². The van der Waals surface area contributed by atoms with Crippen LogP contribution in [0.2, 0.25) is 0 Å². The highest BCUT2D eigenvalue weighted by atomic mass is 16.1. The Balaban J connectivity index is 1.56. The van der Waals surface area contributed by atoms with Gasteiger partial charge in [0.15, 0.2) is 5.65 Å². The fourth-order valence-electron chi connectivity index (χ4n) is 4.04. The average Bonchev–Trinajstić information content (AvgIpc) is 3.34. The number of pyridine rings is 1. The van der Waals surface area contributed by atoms with Crippen LogP contribution in [0.5, 0.6) is 0 Å². The molecule has 4 aromatic rings. The van der Waals surface area contributed by atoms with Crippen molar-refractivity contribution < 1.29 is 0 Å². The van der Waals surface area contributed by atoms with Crippen molar-refractivity contribution in [3.8, 4) is 11.4 Å². The first-order valence-electron chi connectivity index (χ1n) is 9.82. The Kier molecular flexibility index (Phi) is 4.09. The van der Waals surface area contributed by atoms with Gasteiger partial charge in [-0.3, -0.25) is 9.20 Å². The predicted molar refractivity (Wildman–Crippen MR) is 113 cm³/mol. The molecule has 8 nitrogen and oxygen atoms in total. The summed E-state index contributed by atoms with van der Waals surface area (Å²) in [7, 11) is 1.96. The minimum absolute atomic E-state index is 0.0388. The van der Waals surface area contributed by atoms with Crippen LogP contribution in [-0.2, 0) is 0 Å². The zero-order valence-corrected chi connectivity index (χ0v) is 16.8. The van der Waals surface area contributed by atoms with Crippen molar-refractivity contribution >= 4 is 17.0 Å². The van der Waals surface area contributed by atoms with E-state index >= 15 is 0 Å². The van der Waals surface area contributed by atoms with E-state index in [1.165, 1.54) is 0 Å². The largest absolute Gasteiger partial charge is 0.365 e. The minimum Gasteiger partial charge on any atom is -0.365 e. The molecule has 1 N–H and O–H groups in total. The van der Waals surface area contributed by atoms with Crippen molar-refractivity contribution in [3.63, 3.8) is 0 Å². The molecule has 0 saturated carbocycles. The number of rotatable bonds is 3. The Hall–Kier alpha value is -3.26. The van der Waals surface area contributed by atoms with E-state index in [0.717, 1.165) is 53.5 Å². The maximum Gasteiger partial charge on any atom is 0.279 e. The second-order valence-corrected chi connectivity index (χ2v) is 7.65. The van der Waals surface area contributed by atoms with Gasteiger partial charge >= 0.3 is 0 Å². The van der Waals surface area contributed by atoms with Crippen LogP contribution in [0, 0.1) is 13.8 Å². The molecule has 1 aliphatic heterocycles. The Morgan fingerprint density at radius 1 is 1.14 bits per heavy atom. The molecule has 5 rings (SSSR count). The van der Waals surface area contributed by atoms with Crippen molar-refractivity contribution in [3.05, 3.63) is 58.3 Å². The third-order valence-electron chi connectivity index (χ3n) is 5.62. The first-order valence-corrected chi connectivity index (χ1v) is 9.82. The van der Waals surface area contributed by atoms with E-state index in [1.54, 1.807) is 15.1 Å². The van der Waals surface area contributed by atoms with E-state index in [4.69, 9.17) is 4.98 Å². The summed E-state index contributed by atoms with van der Waals surface area (Å²) in [6.45, 7) is 5.69. The van der Waals surface area contributed by atoms with Gasteiger partial charge in [0.2, 0.25) is 0 Å². The molecular formula is C21H23N7O. The molecule has 0 amide bonds. The normalized spacial score (nSPS) is 16.9.